The van der Waals surface area contributed by atoms with Gasteiger partial charge in [0.15, 0.2) is 0 Å². The fourth-order valence-corrected chi connectivity index (χ4v) is 2.71. The Bertz CT molecular complexity index is 395. The van der Waals surface area contributed by atoms with Crippen molar-refractivity contribution in [3.05, 3.63) is 0 Å². The zero-order valence-corrected chi connectivity index (χ0v) is 12.8. The van der Waals surface area contributed by atoms with Gasteiger partial charge in [0, 0.05) is 19.1 Å². The van der Waals surface area contributed by atoms with Crippen molar-refractivity contribution in [1.82, 2.24) is 10.2 Å². The van der Waals surface area contributed by atoms with Crippen LogP contribution in [0.2, 0.25) is 0 Å². The van der Waals surface area contributed by atoms with Gasteiger partial charge in [0.1, 0.15) is 0 Å². The number of aliphatic carboxylic acids is 1. The van der Waals surface area contributed by atoms with Crippen LogP contribution in [0.1, 0.15) is 46.0 Å². The van der Waals surface area contributed by atoms with E-state index in [1.807, 2.05) is 13.8 Å². The van der Waals surface area contributed by atoms with Gasteiger partial charge in [-0.05, 0) is 45.4 Å². The fraction of sp³-hybridized carbons (Fsp3) is 0.800. The maximum absolute atomic E-state index is 12.1. The van der Waals surface area contributed by atoms with E-state index in [-0.39, 0.29) is 18.0 Å². The van der Waals surface area contributed by atoms with Gasteiger partial charge < -0.3 is 15.3 Å². The van der Waals surface area contributed by atoms with Gasteiger partial charge in [-0.15, -0.1) is 0 Å². The van der Waals surface area contributed by atoms with Gasteiger partial charge in [-0.1, -0.05) is 0 Å². The Hall–Kier alpha value is -1.77. The molecule has 2 amide bonds. The highest BCUT2D eigenvalue weighted by atomic mass is 16.4. The number of rotatable bonds is 6. The number of carbonyl (C=O) groups is 2. The van der Waals surface area contributed by atoms with Gasteiger partial charge in [0.25, 0.3) is 0 Å². The molecule has 1 rings (SSSR count). The molecule has 0 saturated heterocycles. The number of carboxylic acid groups (broad SMARTS) is 1. The lowest BCUT2D eigenvalue weighted by molar-refractivity contribution is -0.143. The summed E-state index contributed by atoms with van der Waals surface area (Å²) < 4.78 is 0. The lowest BCUT2D eigenvalue weighted by Crippen LogP contribution is -2.46. The molecular formula is C15H25N3O3. The van der Waals surface area contributed by atoms with E-state index in [0.29, 0.717) is 38.3 Å². The van der Waals surface area contributed by atoms with Crippen molar-refractivity contribution < 1.29 is 14.7 Å². The van der Waals surface area contributed by atoms with Crippen LogP contribution >= 0.6 is 0 Å². The maximum atomic E-state index is 12.1. The quantitative estimate of drug-likeness (QED) is 0.785. The minimum absolute atomic E-state index is 0.0566. The molecule has 6 nitrogen and oxygen atoms in total. The van der Waals surface area contributed by atoms with E-state index in [1.165, 1.54) is 0 Å². The molecule has 0 aromatic carbocycles. The molecule has 1 fully saturated rings. The average molecular weight is 295 g/mol. The normalized spacial score (nSPS) is 21.6. The molecule has 2 N–H and O–H groups in total. The van der Waals surface area contributed by atoms with E-state index in [0.717, 1.165) is 12.8 Å². The Morgan fingerprint density at radius 3 is 2.43 bits per heavy atom. The summed E-state index contributed by atoms with van der Waals surface area (Å²) in [6, 6.07) is 1.97. The van der Waals surface area contributed by atoms with Gasteiger partial charge in [0.05, 0.1) is 18.4 Å². The maximum Gasteiger partial charge on any atom is 0.317 e. The Morgan fingerprint density at radius 1 is 1.33 bits per heavy atom. The summed E-state index contributed by atoms with van der Waals surface area (Å²) in [6.45, 7) is 4.87. The minimum Gasteiger partial charge on any atom is -0.481 e. The summed E-state index contributed by atoms with van der Waals surface area (Å²) in [4.78, 5) is 24.7. The van der Waals surface area contributed by atoms with Crippen molar-refractivity contribution in [1.29, 1.82) is 5.26 Å². The third kappa shape index (κ3) is 5.62. The largest absolute Gasteiger partial charge is 0.481 e. The van der Waals surface area contributed by atoms with Crippen molar-refractivity contribution in [2.75, 3.05) is 13.1 Å². The summed E-state index contributed by atoms with van der Waals surface area (Å²) >= 11 is 0. The molecule has 0 radical (unpaired) electrons. The standard InChI is InChI=1S/C15H25N3O3/c1-11(2)18(9-3-8-16)15(21)17-10-12-4-6-13(7-5-12)14(19)20/h11-13H,3-7,9-10H2,1-2H3,(H,17,21)(H,19,20). The monoisotopic (exact) mass is 295 g/mol. The number of urea groups is 1. The Morgan fingerprint density at radius 2 is 1.95 bits per heavy atom. The van der Waals surface area contributed by atoms with Crippen LogP contribution in [0, 0.1) is 23.2 Å². The highest BCUT2D eigenvalue weighted by Crippen LogP contribution is 2.28. The van der Waals surface area contributed by atoms with E-state index < -0.39 is 5.97 Å². The van der Waals surface area contributed by atoms with E-state index in [2.05, 4.69) is 11.4 Å². The van der Waals surface area contributed by atoms with E-state index >= 15 is 0 Å². The van der Waals surface area contributed by atoms with Crippen LogP contribution in [-0.4, -0.2) is 41.1 Å². The van der Waals surface area contributed by atoms with Crippen molar-refractivity contribution in [3.63, 3.8) is 0 Å². The number of nitrogens with one attached hydrogen (secondary N) is 1. The molecule has 21 heavy (non-hydrogen) atoms. The smallest absolute Gasteiger partial charge is 0.317 e. The van der Waals surface area contributed by atoms with Crippen molar-refractivity contribution in [2.45, 2.75) is 52.0 Å². The number of carboxylic acids is 1. The lowest BCUT2D eigenvalue weighted by atomic mass is 9.82. The summed E-state index contributed by atoms with van der Waals surface area (Å²) in [5.41, 5.74) is 0. The average Bonchev–Trinajstić information content (AvgIpc) is 2.45. The zero-order chi connectivity index (χ0) is 15.8. The second-order valence-electron chi connectivity index (χ2n) is 5.94. The topological polar surface area (TPSA) is 93.4 Å². The molecule has 0 unspecified atom stereocenters. The van der Waals surface area contributed by atoms with Crippen LogP contribution < -0.4 is 5.32 Å². The third-order valence-electron chi connectivity index (χ3n) is 4.09. The Balaban J connectivity index is 2.35. The lowest BCUT2D eigenvalue weighted by Gasteiger charge is -2.29. The summed E-state index contributed by atoms with van der Waals surface area (Å²) in [7, 11) is 0. The van der Waals surface area contributed by atoms with Crippen LogP contribution in [0.4, 0.5) is 4.79 Å². The van der Waals surface area contributed by atoms with Gasteiger partial charge in [0.2, 0.25) is 0 Å². The number of carbonyl (C=O) groups excluding carboxylic acids is 1. The molecule has 0 spiro atoms. The predicted octanol–water partition coefficient (Wildman–Crippen LogP) is 2.21. The zero-order valence-electron chi connectivity index (χ0n) is 12.8. The number of hydrogen-bond acceptors (Lipinski definition) is 3. The first-order chi connectivity index (χ1) is 9.95. The third-order valence-corrected chi connectivity index (χ3v) is 4.09. The highest BCUT2D eigenvalue weighted by Gasteiger charge is 2.26. The Kier molecular flexibility index (Phi) is 7.00. The number of hydrogen-bond donors (Lipinski definition) is 2. The molecule has 0 aliphatic heterocycles. The summed E-state index contributed by atoms with van der Waals surface area (Å²) in [5.74, 6) is -0.575. The van der Waals surface area contributed by atoms with Crippen LogP contribution in [0.15, 0.2) is 0 Å². The van der Waals surface area contributed by atoms with Gasteiger partial charge >= 0.3 is 12.0 Å². The SMILES string of the molecule is CC(C)N(CCC#N)C(=O)NCC1CCC(C(=O)O)CC1. The predicted molar refractivity (Wildman–Crippen MR) is 78.6 cm³/mol. The number of amides is 2. The molecule has 1 aliphatic rings. The minimum atomic E-state index is -0.708. The second kappa shape index (κ2) is 8.50. The molecule has 0 aromatic heterocycles. The first-order valence-corrected chi connectivity index (χ1v) is 7.60. The first-order valence-electron chi connectivity index (χ1n) is 7.60. The second-order valence-corrected chi connectivity index (χ2v) is 5.94. The van der Waals surface area contributed by atoms with Crippen LogP contribution in [0.3, 0.4) is 0 Å². The summed E-state index contributed by atoms with van der Waals surface area (Å²) in [5, 5.41) is 20.5. The number of nitrogens with zero attached hydrogens (tertiary/aromatic N) is 2. The van der Waals surface area contributed by atoms with Crippen LogP contribution in [-0.2, 0) is 4.79 Å². The van der Waals surface area contributed by atoms with E-state index in [1.54, 1.807) is 4.90 Å². The van der Waals surface area contributed by atoms with Crippen molar-refractivity contribution >= 4 is 12.0 Å². The summed E-state index contributed by atoms with van der Waals surface area (Å²) in [6.07, 6.45) is 3.40. The highest BCUT2D eigenvalue weighted by molar-refractivity contribution is 5.74. The van der Waals surface area contributed by atoms with Gasteiger partial charge in [-0.25, -0.2) is 4.79 Å². The van der Waals surface area contributed by atoms with Crippen LogP contribution in [0.5, 0.6) is 0 Å². The van der Waals surface area contributed by atoms with Crippen molar-refractivity contribution in [3.8, 4) is 6.07 Å². The molecule has 118 valence electrons. The molecule has 0 atom stereocenters. The van der Waals surface area contributed by atoms with E-state index in [4.69, 9.17) is 10.4 Å². The fourth-order valence-electron chi connectivity index (χ4n) is 2.71. The van der Waals surface area contributed by atoms with Crippen molar-refractivity contribution in [2.24, 2.45) is 11.8 Å². The molecule has 0 bridgehead atoms. The Labute approximate surface area is 126 Å². The number of nitriles is 1. The molecule has 0 aromatic rings. The molecule has 1 aliphatic carbocycles. The van der Waals surface area contributed by atoms with E-state index in [9.17, 15) is 9.59 Å². The molecule has 6 heteroatoms. The van der Waals surface area contributed by atoms with Gasteiger partial charge in [-0.2, -0.15) is 5.26 Å². The molecule has 1 saturated carbocycles. The first kappa shape index (κ1) is 17.3. The molecular weight excluding hydrogens is 270 g/mol. The van der Waals surface area contributed by atoms with Gasteiger partial charge in [-0.3, -0.25) is 4.79 Å². The van der Waals surface area contributed by atoms with Crippen LogP contribution in [0.25, 0.3) is 0 Å². The molecule has 0 heterocycles.